The molecule has 0 aromatic carbocycles. The lowest BCUT2D eigenvalue weighted by Gasteiger charge is -2.07. The Bertz CT molecular complexity index is 246. The molecule has 1 fully saturated rings. The van der Waals surface area contributed by atoms with Crippen LogP contribution in [0.25, 0.3) is 0 Å². The molecule has 1 aliphatic rings. The first-order chi connectivity index (χ1) is 7.17. The maximum absolute atomic E-state index is 11.1. The zero-order chi connectivity index (χ0) is 11.3. The van der Waals surface area contributed by atoms with Crippen molar-refractivity contribution in [2.45, 2.75) is 19.4 Å². The molecule has 1 aliphatic carbocycles. The topological polar surface area (TPSA) is 65.2 Å². The minimum atomic E-state index is -0.0978. The van der Waals surface area contributed by atoms with Crippen molar-refractivity contribution in [1.29, 1.82) is 0 Å². The highest BCUT2D eigenvalue weighted by atomic mass is 32.1. The summed E-state index contributed by atoms with van der Waals surface area (Å²) < 4.78 is 0. The maximum atomic E-state index is 11.1. The number of hydrogen-bond acceptors (Lipinski definition) is 2. The highest BCUT2D eigenvalue weighted by molar-refractivity contribution is 7.80. The van der Waals surface area contributed by atoms with Crippen LogP contribution in [0.2, 0.25) is 0 Å². The Kier molecular flexibility index (Phi) is 4.61. The lowest BCUT2D eigenvalue weighted by atomic mass is 10.4. The van der Waals surface area contributed by atoms with Crippen molar-refractivity contribution in [2.75, 3.05) is 20.1 Å². The number of urea groups is 1. The second-order valence-electron chi connectivity index (χ2n) is 3.57. The molecule has 6 heteroatoms. The number of carbonyl (C=O) groups is 1. The summed E-state index contributed by atoms with van der Waals surface area (Å²) in [6, 6.07) is 0.311. The van der Waals surface area contributed by atoms with Crippen molar-refractivity contribution in [3.05, 3.63) is 0 Å². The van der Waals surface area contributed by atoms with Crippen LogP contribution in [0.1, 0.15) is 13.3 Å². The predicted molar refractivity (Wildman–Crippen MR) is 63.8 cm³/mol. The lowest BCUT2D eigenvalue weighted by Crippen LogP contribution is -2.39. The second kappa shape index (κ2) is 5.75. The van der Waals surface area contributed by atoms with E-state index >= 15 is 0 Å². The Morgan fingerprint density at radius 2 is 2.20 bits per heavy atom. The van der Waals surface area contributed by atoms with Crippen molar-refractivity contribution in [1.82, 2.24) is 21.3 Å². The third-order valence-corrected chi connectivity index (χ3v) is 2.65. The summed E-state index contributed by atoms with van der Waals surface area (Å²) in [6.45, 7) is 3.25. The van der Waals surface area contributed by atoms with Crippen molar-refractivity contribution in [2.24, 2.45) is 5.92 Å². The molecule has 2 amide bonds. The Balaban J connectivity index is 2.06. The Morgan fingerprint density at radius 3 is 2.80 bits per heavy atom. The van der Waals surface area contributed by atoms with Gasteiger partial charge in [-0.05, 0) is 31.5 Å². The van der Waals surface area contributed by atoms with E-state index in [2.05, 4.69) is 21.3 Å². The van der Waals surface area contributed by atoms with Crippen LogP contribution in [0.3, 0.4) is 0 Å². The molecule has 86 valence electrons. The van der Waals surface area contributed by atoms with E-state index in [-0.39, 0.29) is 6.03 Å². The van der Waals surface area contributed by atoms with Crippen molar-refractivity contribution in [3.63, 3.8) is 0 Å². The van der Waals surface area contributed by atoms with Gasteiger partial charge in [-0.1, -0.05) is 0 Å². The van der Waals surface area contributed by atoms with E-state index in [0.717, 1.165) is 6.42 Å². The first-order valence-electron chi connectivity index (χ1n) is 5.17. The van der Waals surface area contributed by atoms with Gasteiger partial charge in [0, 0.05) is 26.2 Å². The molecule has 4 N–H and O–H groups in total. The number of hydrogen-bond donors (Lipinski definition) is 4. The fourth-order valence-corrected chi connectivity index (χ4v) is 1.49. The smallest absolute Gasteiger partial charge is 0.314 e. The largest absolute Gasteiger partial charge is 0.366 e. The third-order valence-electron chi connectivity index (χ3n) is 2.33. The summed E-state index contributed by atoms with van der Waals surface area (Å²) >= 11 is 4.98. The first kappa shape index (κ1) is 12.0. The Hall–Kier alpha value is -1.04. The zero-order valence-electron chi connectivity index (χ0n) is 9.09. The maximum Gasteiger partial charge on any atom is 0.314 e. The normalized spacial score (nSPS) is 22.8. The van der Waals surface area contributed by atoms with E-state index in [1.165, 1.54) is 0 Å². The molecule has 1 saturated carbocycles. The molecule has 0 heterocycles. The van der Waals surface area contributed by atoms with Crippen LogP contribution in [0.4, 0.5) is 4.79 Å². The molecule has 0 aromatic heterocycles. The molecule has 15 heavy (non-hydrogen) atoms. The first-order valence-corrected chi connectivity index (χ1v) is 5.58. The van der Waals surface area contributed by atoms with Crippen molar-refractivity contribution < 1.29 is 4.79 Å². The molecule has 0 aliphatic heterocycles. The van der Waals surface area contributed by atoms with Crippen molar-refractivity contribution in [3.8, 4) is 0 Å². The highest BCUT2D eigenvalue weighted by Gasteiger charge is 2.37. The van der Waals surface area contributed by atoms with Crippen LogP contribution < -0.4 is 21.3 Å². The summed E-state index contributed by atoms with van der Waals surface area (Å²) in [5.74, 6) is 0.499. The number of carbonyl (C=O) groups excluding carboxylic acids is 1. The van der Waals surface area contributed by atoms with Gasteiger partial charge in [0.25, 0.3) is 0 Å². The zero-order valence-corrected chi connectivity index (χ0v) is 9.91. The van der Waals surface area contributed by atoms with E-state index in [1.54, 1.807) is 7.05 Å². The Morgan fingerprint density at radius 1 is 1.47 bits per heavy atom. The molecule has 0 spiro atoms. The molecular weight excluding hydrogens is 212 g/mol. The predicted octanol–water partition coefficient (Wildman–Crippen LogP) is -0.212. The van der Waals surface area contributed by atoms with Gasteiger partial charge >= 0.3 is 6.03 Å². The van der Waals surface area contributed by atoms with Gasteiger partial charge in [-0.25, -0.2) is 4.79 Å². The van der Waals surface area contributed by atoms with Crippen LogP contribution in [-0.4, -0.2) is 37.3 Å². The lowest BCUT2D eigenvalue weighted by molar-refractivity contribution is 0.241. The van der Waals surface area contributed by atoms with Gasteiger partial charge in [0.2, 0.25) is 0 Å². The van der Waals surface area contributed by atoms with Gasteiger partial charge in [0.15, 0.2) is 5.11 Å². The van der Waals surface area contributed by atoms with Gasteiger partial charge in [-0.3, -0.25) is 0 Å². The van der Waals surface area contributed by atoms with Crippen LogP contribution in [-0.2, 0) is 0 Å². The van der Waals surface area contributed by atoms with Gasteiger partial charge in [-0.2, -0.15) is 0 Å². The minimum Gasteiger partial charge on any atom is -0.366 e. The van der Waals surface area contributed by atoms with Crippen LogP contribution in [0.5, 0.6) is 0 Å². The second-order valence-corrected chi connectivity index (χ2v) is 3.97. The van der Waals surface area contributed by atoms with Gasteiger partial charge in [0.1, 0.15) is 0 Å². The van der Waals surface area contributed by atoms with E-state index < -0.39 is 0 Å². The average molecular weight is 230 g/mol. The molecule has 0 saturated heterocycles. The SMILES string of the molecule is CCNC(=O)NCC1CC1NC(=S)NC. The molecule has 0 bridgehead atoms. The molecule has 2 unspecified atom stereocenters. The van der Waals surface area contributed by atoms with Gasteiger partial charge in [0.05, 0.1) is 0 Å². The van der Waals surface area contributed by atoms with Gasteiger partial charge in [-0.15, -0.1) is 0 Å². The van der Waals surface area contributed by atoms with Crippen LogP contribution in [0.15, 0.2) is 0 Å². The standard InChI is InChI=1S/C9H18N4OS/c1-3-11-8(14)12-5-6-4-7(6)13-9(15)10-2/h6-7H,3-5H2,1-2H3,(H2,10,13,15)(H2,11,12,14). The molecule has 1 rings (SSSR count). The van der Waals surface area contributed by atoms with Gasteiger partial charge < -0.3 is 21.3 Å². The molecule has 0 radical (unpaired) electrons. The quantitative estimate of drug-likeness (QED) is 0.505. The van der Waals surface area contributed by atoms with Crippen molar-refractivity contribution >= 4 is 23.4 Å². The molecular formula is C9H18N4OS. The van der Waals surface area contributed by atoms with E-state index in [0.29, 0.717) is 30.2 Å². The minimum absolute atomic E-state index is 0.0978. The van der Waals surface area contributed by atoms with E-state index in [4.69, 9.17) is 12.2 Å². The number of nitrogens with one attached hydrogen (secondary N) is 4. The summed E-state index contributed by atoms with van der Waals surface area (Å²) in [5.41, 5.74) is 0. The van der Waals surface area contributed by atoms with E-state index in [9.17, 15) is 4.79 Å². The summed E-state index contributed by atoms with van der Waals surface area (Å²) in [5, 5.41) is 12.2. The molecule has 0 aromatic rings. The summed E-state index contributed by atoms with van der Waals surface area (Å²) in [7, 11) is 1.79. The third kappa shape index (κ3) is 4.33. The fourth-order valence-electron chi connectivity index (χ4n) is 1.34. The van der Waals surface area contributed by atoms with Crippen LogP contribution >= 0.6 is 12.2 Å². The monoisotopic (exact) mass is 230 g/mol. The fraction of sp³-hybridized carbons (Fsp3) is 0.778. The summed E-state index contributed by atoms with van der Waals surface area (Å²) in [6.07, 6.45) is 1.06. The number of rotatable bonds is 4. The molecule has 5 nitrogen and oxygen atoms in total. The number of amides is 2. The summed E-state index contributed by atoms with van der Waals surface area (Å²) in [4.78, 5) is 11.1. The van der Waals surface area contributed by atoms with Crippen LogP contribution in [0, 0.1) is 5.92 Å². The van der Waals surface area contributed by atoms with E-state index in [1.807, 2.05) is 6.92 Å². The Labute approximate surface area is 95.4 Å². The number of thiocarbonyl (C=S) groups is 1. The molecule has 2 atom stereocenters. The highest BCUT2D eigenvalue weighted by Crippen LogP contribution is 2.29. The average Bonchev–Trinajstić information content (AvgIpc) is 2.94.